The Kier molecular flexibility index (Phi) is 2.92. The highest BCUT2D eigenvalue weighted by Gasteiger charge is 2.47. The van der Waals surface area contributed by atoms with E-state index in [4.69, 9.17) is 5.11 Å². The summed E-state index contributed by atoms with van der Waals surface area (Å²) in [5, 5.41) is 9.07. The van der Waals surface area contributed by atoms with E-state index in [1.54, 1.807) is 13.8 Å². The van der Waals surface area contributed by atoms with Gasteiger partial charge in [0.15, 0.2) is 0 Å². The maximum atomic E-state index is 13.8. The summed E-state index contributed by atoms with van der Waals surface area (Å²) in [6.07, 6.45) is 1.13. The van der Waals surface area contributed by atoms with Crippen molar-refractivity contribution >= 4 is 5.97 Å². The van der Waals surface area contributed by atoms with Crippen LogP contribution in [0.15, 0.2) is 24.3 Å². The smallest absolute Gasteiger partial charge is 0.313 e. The normalized spacial score (nSPS) is 16.7. The van der Waals surface area contributed by atoms with Gasteiger partial charge in [-0.05, 0) is 32.3 Å². The number of rotatable bonds is 4. The molecule has 0 amide bonds. The van der Waals surface area contributed by atoms with Gasteiger partial charge in [-0.3, -0.25) is 4.79 Å². The van der Waals surface area contributed by atoms with E-state index in [0.717, 1.165) is 0 Å². The number of benzene rings is 1. The van der Waals surface area contributed by atoms with E-state index in [1.807, 2.05) is 0 Å². The van der Waals surface area contributed by atoms with E-state index in [2.05, 4.69) is 0 Å². The Morgan fingerprint density at radius 2 is 1.61 bits per heavy atom. The van der Waals surface area contributed by atoms with E-state index in [-0.39, 0.29) is 5.56 Å². The quantitative estimate of drug-likeness (QED) is 0.892. The van der Waals surface area contributed by atoms with Gasteiger partial charge in [0.2, 0.25) is 0 Å². The Labute approximate surface area is 105 Å². The monoisotopic (exact) mass is 254 g/mol. The average molecular weight is 254 g/mol. The number of hydrogen-bond acceptors (Lipinski definition) is 1. The molecule has 0 unspecified atom stereocenters. The summed E-state index contributed by atoms with van der Waals surface area (Å²) in [6.45, 7) is 3.12. The molecule has 1 saturated carbocycles. The minimum absolute atomic E-state index is 0.0186. The molecule has 0 aromatic heterocycles. The van der Waals surface area contributed by atoms with Crippen molar-refractivity contribution < 1.29 is 18.7 Å². The molecule has 0 radical (unpaired) electrons. The Morgan fingerprint density at radius 1 is 1.17 bits per heavy atom. The van der Waals surface area contributed by atoms with Crippen LogP contribution in [0.2, 0.25) is 0 Å². The Balaban J connectivity index is 2.28. The first-order chi connectivity index (χ1) is 8.26. The summed E-state index contributed by atoms with van der Waals surface area (Å²) in [6, 6.07) is 5.66. The third-order valence-corrected chi connectivity index (χ3v) is 3.62. The predicted octanol–water partition coefficient (Wildman–Crippen LogP) is 3.55. The lowest BCUT2D eigenvalue weighted by Gasteiger charge is -2.21. The van der Waals surface area contributed by atoms with Crippen LogP contribution in [0.3, 0.4) is 0 Å². The second kappa shape index (κ2) is 4.04. The van der Waals surface area contributed by atoms with Crippen LogP contribution >= 0.6 is 0 Å². The standard InChI is InChI=1S/C14H16F2O2/c1-13(2,12(17)18)9-3-5-10(6-4-9)14(15,16)11-7-8-11/h3-6,11H,7-8H2,1-2H3,(H,17,18). The third kappa shape index (κ3) is 2.11. The number of carboxylic acid groups (broad SMARTS) is 1. The van der Waals surface area contributed by atoms with Crippen molar-refractivity contribution in [3.8, 4) is 0 Å². The maximum Gasteiger partial charge on any atom is 0.313 e. The van der Waals surface area contributed by atoms with Crippen molar-refractivity contribution in [1.29, 1.82) is 0 Å². The largest absolute Gasteiger partial charge is 0.481 e. The van der Waals surface area contributed by atoms with Crippen LogP contribution in [0.4, 0.5) is 8.78 Å². The molecule has 1 aliphatic carbocycles. The topological polar surface area (TPSA) is 37.3 Å². The molecule has 2 rings (SSSR count). The number of carbonyl (C=O) groups is 1. The Morgan fingerprint density at radius 3 is 2.00 bits per heavy atom. The SMILES string of the molecule is CC(C)(C(=O)O)c1ccc(C(F)(F)C2CC2)cc1. The molecule has 98 valence electrons. The number of hydrogen-bond donors (Lipinski definition) is 1. The van der Waals surface area contributed by atoms with Gasteiger partial charge in [-0.1, -0.05) is 24.3 Å². The highest BCUT2D eigenvalue weighted by molar-refractivity contribution is 5.80. The van der Waals surface area contributed by atoms with Gasteiger partial charge in [0.05, 0.1) is 5.41 Å². The second-order valence-corrected chi connectivity index (χ2v) is 5.40. The molecule has 1 N–H and O–H groups in total. The van der Waals surface area contributed by atoms with Gasteiger partial charge in [-0.15, -0.1) is 0 Å². The molecule has 0 atom stereocenters. The molecule has 1 aliphatic rings. The van der Waals surface area contributed by atoms with Gasteiger partial charge in [-0.2, -0.15) is 0 Å². The van der Waals surface area contributed by atoms with Crippen molar-refractivity contribution in [3.63, 3.8) is 0 Å². The lowest BCUT2D eigenvalue weighted by molar-refractivity contribution is -0.142. The maximum absolute atomic E-state index is 13.8. The van der Waals surface area contributed by atoms with Crippen LogP contribution < -0.4 is 0 Å². The first kappa shape index (κ1) is 13.0. The highest BCUT2D eigenvalue weighted by atomic mass is 19.3. The van der Waals surface area contributed by atoms with Gasteiger partial charge >= 0.3 is 5.97 Å². The van der Waals surface area contributed by atoms with Crippen molar-refractivity contribution in [2.24, 2.45) is 5.92 Å². The molecule has 18 heavy (non-hydrogen) atoms. The van der Waals surface area contributed by atoms with Gasteiger partial charge < -0.3 is 5.11 Å². The van der Waals surface area contributed by atoms with Gasteiger partial charge in [0.25, 0.3) is 5.92 Å². The molecule has 1 aromatic carbocycles. The van der Waals surface area contributed by atoms with Crippen LogP contribution in [0.25, 0.3) is 0 Å². The summed E-state index contributed by atoms with van der Waals surface area (Å²) in [4.78, 5) is 11.1. The fourth-order valence-corrected chi connectivity index (χ4v) is 1.91. The first-order valence-electron chi connectivity index (χ1n) is 5.98. The van der Waals surface area contributed by atoms with Gasteiger partial charge in [0.1, 0.15) is 0 Å². The van der Waals surface area contributed by atoms with Crippen molar-refractivity contribution in [2.45, 2.75) is 38.0 Å². The summed E-state index contributed by atoms with van der Waals surface area (Å²) >= 11 is 0. The molecule has 2 nitrogen and oxygen atoms in total. The molecular formula is C14H16F2O2. The molecule has 0 saturated heterocycles. The number of aliphatic carboxylic acids is 1. The first-order valence-corrected chi connectivity index (χ1v) is 5.98. The minimum atomic E-state index is -2.79. The van der Waals surface area contributed by atoms with Crippen molar-refractivity contribution in [3.05, 3.63) is 35.4 Å². The molecule has 0 spiro atoms. The number of alkyl halides is 2. The Hall–Kier alpha value is -1.45. The van der Waals surface area contributed by atoms with E-state index in [9.17, 15) is 13.6 Å². The molecule has 0 bridgehead atoms. The van der Waals surface area contributed by atoms with E-state index >= 15 is 0 Å². The summed E-state index contributed by atoms with van der Waals surface area (Å²) in [5.74, 6) is -4.30. The molecular weight excluding hydrogens is 238 g/mol. The zero-order valence-electron chi connectivity index (χ0n) is 10.4. The van der Waals surface area contributed by atoms with E-state index in [1.165, 1.54) is 24.3 Å². The molecule has 1 aromatic rings. The summed E-state index contributed by atoms with van der Waals surface area (Å²) in [5.41, 5.74) is -0.548. The van der Waals surface area contributed by atoms with Gasteiger partial charge in [0, 0.05) is 11.5 Å². The van der Waals surface area contributed by atoms with E-state index in [0.29, 0.717) is 18.4 Å². The lowest BCUT2D eigenvalue weighted by Crippen LogP contribution is -2.28. The van der Waals surface area contributed by atoms with Crippen LogP contribution in [-0.2, 0) is 16.1 Å². The van der Waals surface area contributed by atoms with Crippen LogP contribution in [0, 0.1) is 5.92 Å². The third-order valence-electron chi connectivity index (χ3n) is 3.62. The summed E-state index contributed by atoms with van der Waals surface area (Å²) in [7, 11) is 0. The zero-order chi connectivity index (χ0) is 13.6. The predicted molar refractivity (Wildman–Crippen MR) is 63.7 cm³/mol. The molecule has 0 heterocycles. The second-order valence-electron chi connectivity index (χ2n) is 5.40. The fourth-order valence-electron chi connectivity index (χ4n) is 1.91. The van der Waals surface area contributed by atoms with Crippen molar-refractivity contribution in [1.82, 2.24) is 0 Å². The lowest BCUT2D eigenvalue weighted by atomic mass is 9.84. The highest BCUT2D eigenvalue weighted by Crippen LogP contribution is 2.49. The zero-order valence-corrected chi connectivity index (χ0v) is 10.4. The molecule has 4 heteroatoms. The molecule has 0 aliphatic heterocycles. The summed E-state index contributed by atoms with van der Waals surface area (Å²) < 4.78 is 27.6. The molecule has 1 fully saturated rings. The van der Waals surface area contributed by atoms with Crippen LogP contribution in [0.1, 0.15) is 37.8 Å². The van der Waals surface area contributed by atoms with Gasteiger partial charge in [-0.25, -0.2) is 8.78 Å². The Bertz CT molecular complexity index is 459. The average Bonchev–Trinajstić information content (AvgIpc) is 3.13. The van der Waals surface area contributed by atoms with E-state index < -0.39 is 23.2 Å². The van der Waals surface area contributed by atoms with Crippen LogP contribution in [-0.4, -0.2) is 11.1 Å². The number of halogens is 2. The number of carboxylic acids is 1. The van der Waals surface area contributed by atoms with Crippen LogP contribution in [0.5, 0.6) is 0 Å². The fraction of sp³-hybridized carbons (Fsp3) is 0.500. The minimum Gasteiger partial charge on any atom is -0.481 e. The van der Waals surface area contributed by atoms with Crippen molar-refractivity contribution in [2.75, 3.05) is 0 Å².